The van der Waals surface area contributed by atoms with Crippen molar-refractivity contribution in [3.8, 4) is 0 Å². The van der Waals surface area contributed by atoms with Crippen LogP contribution in [0.2, 0.25) is 0 Å². The summed E-state index contributed by atoms with van der Waals surface area (Å²) in [5.74, 6) is -0.0540. The maximum Gasteiger partial charge on any atom is 0.273 e. The Kier molecular flexibility index (Phi) is 6.03. The zero-order chi connectivity index (χ0) is 17.5. The maximum atomic E-state index is 12.5. The first-order valence-corrected chi connectivity index (χ1v) is 7.79. The predicted octanol–water partition coefficient (Wildman–Crippen LogP) is 3.08. The highest BCUT2D eigenvalue weighted by molar-refractivity contribution is 5.94. The lowest BCUT2D eigenvalue weighted by molar-refractivity contribution is -0.385. The van der Waals surface area contributed by atoms with Crippen molar-refractivity contribution in [2.45, 2.75) is 13.5 Å². The molecule has 0 spiro atoms. The Balaban J connectivity index is 2.07. The average molecular weight is 327 g/mol. The van der Waals surface area contributed by atoms with Crippen molar-refractivity contribution >= 4 is 17.3 Å². The van der Waals surface area contributed by atoms with E-state index >= 15 is 0 Å². The smallest absolute Gasteiger partial charge is 0.273 e. The van der Waals surface area contributed by atoms with Crippen molar-refractivity contribution in [2.24, 2.45) is 0 Å². The normalized spacial score (nSPS) is 10.6. The van der Waals surface area contributed by atoms with E-state index in [4.69, 9.17) is 0 Å². The lowest BCUT2D eigenvalue weighted by Crippen LogP contribution is -2.38. The number of carbonyl (C=O) groups is 1. The summed E-state index contributed by atoms with van der Waals surface area (Å²) < 4.78 is 0. The van der Waals surface area contributed by atoms with Gasteiger partial charge in [-0.1, -0.05) is 43.3 Å². The topological polar surface area (TPSA) is 66.7 Å². The van der Waals surface area contributed by atoms with Gasteiger partial charge in [-0.15, -0.1) is 0 Å². The fraction of sp³-hybridized carbons (Fsp3) is 0.278. The van der Waals surface area contributed by atoms with Gasteiger partial charge in [0, 0.05) is 30.9 Å². The van der Waals surface area contributed by atoms with Gasteiger partial charge in [-0.05, 0) is 18.7 Å². The number of carbonyl (C=O) groups excluding carboxylic acids is 1. The second-order valence-corrected chi connectivity index (χ2v) is 5.48. The monoisotopic (exact) mass is 327 g/mol. The van der Waals surface area contributed by atoms with Crippen molar-refractivity contribution < 1.29 is 9.72 Å². The average Bonchev–Trinajstić information content (AvgIpc) is 2.61. The first-order valence-electron chi connectivity index (χ1n) is 7.79. The van der Waals surface area contributed by atoms with Crippen LogP contribution in [-0.4, -0.2) is 35.9 Å². The zero-order valence-electron chi connectivity index (χ0n) is 13.9. The molecule has 0 heterocycles. The Bertz CT molecular complexity index is 704. The summed E-state index contributed by atoms with van der Waals surface area (Å²) in [6.07, 6.45) is 0. The minimum atomic E-state index is -0.388. The number of benzene rings is 2. The molecule has 0 saturated carbocycles. The Morgan fingerprint density at radius 3 is 2.33 bits per heavy atom. The van der Waals surface area contributed by atoms with E-state index in [0.717, 1.165) is 5.69 Å². The molecular weight excluding hydrogens is 306 g/mol. The van der Waals surface area contributed by atoms with E-state index in [-0.39, 0.29) is 23.1 Å². The summed E-state index contributed by atoms with van der Waals surface area (Å²) in [4.78, 5) is 26.7. The maximum absolute atomic E-state index is 12.5. The number of amides is 1. The second-order valence-electron chi connectivity index (χ2n) is 5.48. The lowest BCUT2D eigenvalue weighted by Gasteiger charge is -2.24. The van der Waals surface area contributed by atoms with Gasteiger partial charge >= 0.3 is 0 Å². The molecule has 2 rings (SSSR count). The number of hydrogen-bond donors (Lipinski definition) is 0. The van der Waals surface area contributed by atoms with Gasteiger partial charge in [0.25, 0.3) is 5.69 Å². The van der Waals surface area contributed by atoms with Crippen LogP contribution in [0.3, 0.4) is 0 Å². The lowest BCUT2D eigenvalue weighted by atomic mass is 10.1. The van der Waals surface area contributed by atoms with Gasteiger partial charge in [0.05, 0.1) is 11.5 Å². The number of para-hydroxylation sites is 2. The van der Waals surface area contributed by atoms with Gasteiger partial charge in [0.15, 0.2) is 0 Å². The number of rotatable bonds is 7. The van der Waals surface area contributed by atoms with Gasteiger partial charge in [-0.3, -0.25) is 19.8 Å². The summed E-state index contributed by atoms with van der Waals surface area (Å²) >= 11 is 0. The van der Waals surface area contributed by atoms with E-state index in [2.05, 4.69) is 0 Å². The van der Waals surface area contributed by atoms with Crippen molar-refractivity contribution in [1.82, 2.24) is 4.90 Å². The number of nitro groups is 1. The Hall–Kier alpha value is -2.73. The standard InChI is InChI=1S/C18H21N3O3/c1-3-20(13-15-9-7-8-12-17(15)21(23)24)14-18(22)19(2)16-10-5-4-6-11-16/h4-12H,3,13-14H2,1-2H3. The predicted molar refractivity (Wildman–Crippen MR) is 93.9 cm³/mol. The molecule has 2 aromatic rings. The van der Waals surface area contributed by atoms with Gasteiger partial charge in [-0.25, -0.2) is 0 Å². The molecule has 2 aromatic carbocycles. The van der Waals surface area contributed by atoms with Gasteiger partial charge in [0.2, 0.25) is 5.91 Å². The molecule has 126 valence electrons. The number of likely N-dealkylation sites (N-methyl/N-ethyl adjacent to an activating group) is 2. The third-order valence-corrected chi connectivity index (χ3v) is 3.91. The van der Waals surface area contributed by atoms with E-state index in [1.165, 1.54) is 6.07 Å². The van der Waals surface area contributed by atoms with E-state index in [1.807, 2.05) is 42.2 Å². The molecule has 0 unspecified atom stereocenters. The molecule has 24 heavy (non-hydrogen) atoms. The highest BCUT2D eigenvalue weighted by Crippen LogP contribution is 2.19. The molecule has 0 aromatic heterocycles. The molecule has 0 N–H and O–H groups in total. The fourth-order valence-corrected chi connectivity index (χ4v) is 2.44. The third kappa shape index (κ3) is 4.39. The van der Waals surface area contributed by atoms with Crippen molar-refractivity contribution in [3.05, 3.63) is 70.3 Å². The van der Waals surface area contributed by atoms with E-state index in [0.29, 0.717) is 18.7 Å². The molecule has 0 aliphatic carbocycles. The van der Waals surface area contributed by atoms with E-state index in [1.54, 1.807) is 30.1 Å². The van der Waals surface area contributed by atoms with Crippen LogP contribution in [0, 0.1) is 10.1 Å². The van der Waals surface area contributed by atoms with Crippen LogP contribution in [0.1, 0.15) is 12.5 Å². The number of nitrogens with zero attached hydrogens (tertiary/aromatic N) is 3. The van der Waals surface area contributed by atoms with Crippen molar-refractivity contribution in [2.75, 3.05) is 25.0 Å². The molecular formula is C18H21N3O3. The SMILES string of the molecule is CCN(CC(=O)N(C)c1ccccc1)Cc1ccccc1[N+](=O)[O-]. The molecule has 0 aliphatic heterocycles. The second kappa shape index (κ2) is 8.21. The van der Waals surface area contributed by atoms with Crippen molar-refractivity contribution in [1.29, 1.82) is 0 Å². The summed E-state index contributed by atoms with van der Waals surface area (Å²) in [6, 6.07) is 16.0. The minimum Gasteiger partial charge on any atom is -0.314 e. The van der Waals surface area contributed by atoms with Crippen molar-refractivity contribution in [3.63, 3.8) is 0 Å². The highest BCUT2D eigenvalue weighted by atomic mass is 16.6. The summed E-state index contributed by atoms with van der Waals surface area (Å²) in [5, 5.41) is 11.1. The molecule has 0 fully saturated rings. The Labute approximate surface area is 141 Å². The molecule has 0 bridgehead atoms. The summed E-state index contributed by atoms with van der Waals surface area (Å²) in [6.45, 7) is 3.13. The number of anilines is 1. The van der Waals surface area contributed by atoms with Crippen LogP contribution in [0.15, 0.2) is 54.6 Å². The third-order valence-electron chi connectivity index (χ3n) is 3.91. The largest absolute Gasteiger partial charge is 0.314 e. The molecule has 0 radical (unpaired) electrons. The highest BCUT2D eigenvalue weighted by Gasteiger charge is 2.18. The van der Waals surface area contributed by atoms with Crippen LogP contribution in [-0.2, 0) is 11.3 Å². The number of nitro benzene ring substituents is 1. The zero-order valence-corrected chi connectivity index (χ0v) is 13.9. The van der Waals surface area contributed by atoms with Crippen LogP contribution in [0.25, 0.3) is 0 Å². The molecule has 1 amide bonds. The Morgan fingerprint density at radius 1 is 1.08 bits per heavy atom. The van der Waals surface area contributed by atoms with Crippen LogP contribution >= 0.6 is 0 Å². The fourth-order valence-electron chi connectivity index (χ4n) is 2.44. The quantitative estimate of drug-likeness (QED) is 0.579. The van der Waals surface area contributed by atoms with Crippen LogP contribution in [0.5, 0.6) is 0 Å². The first kappa shape index (κ1) is 17.6. The minimum absolute atomic E-state index is 0.0540. The summed E-state index contributed by atoms with van der Waals surface area (Å²) in [7, 11) is 1.73. The van der Waals surface area contributed by atoms with Gasteiger partial charge in [-0.2, -0.15) is 0 Å². The Morgan fingerprint density at radius 2 is 1.71 bits per heavy atom. The molecule has 0 saturated heterocycles. The molecule has 6 heteroatoms. The van der Waals surface area contributed by atoms with Crippen LogP contribution in [0.4, 0.5) is 11.4 Å². The summed E-state index contributed by atoms with van der Waals surface area (Å²) in [5.41, 5.74) is 1.52. The van der Waals surface area contributed by atoms with Gasteiger partial charge < -0.3 is 4.90 Å². The number of hydrogen-bond acceptors (Lipinski definition) is 4. The molecule has 6 nitrogen and oxygen atoms in total. The molecule has 0 atom stereocenters. The van der Waals surface area contributed by atoms with E-state index in [9.17, 15) is 14.9 Å². The molecule has 0 aliphatic rings. The van der Waals surface area contributed by atoms with Gasteiger partial charge in [0.1, 0.15) is 0 Å². The van der Waals surface area contributed by atoms with Crippen LogP contribution < -0.4 is 4.90 Å². The van der Waals surface area contributed by atoms with E-state index < -0.39 is 0 Å². The first-order chi connectivity index (χ1) is 11.5.